The number of aromatic nitrogens is 1. The van der Waals surface area contributed by atoms with E-state index in [1.165, 1.54) is 12.8 Å². The van der Waals surface area contributed by atoms with Crippen molar-refractivity contribution in [1.29, 1.82) is 0 Å². The Labute approximate surface area is 114 Å². The third-order valence-electron chi connectivity index (χ3n) is 3.45. The molecule has 0 aliphatic carbocycles. The lowest BCUT2D eigenvalue weighted by atomic mass is 10.0. The van der Waals surface area contributed by atoms with Gasteiger partial charge in [0.25, 0.3) is 0 Å². The first-order valence-electron chi connectivity index (χ1n) is 6.95. The molecule has 0 saturated carbocycles. The van der Waals surface area contributed by atoms with E-state index in [1.54, 1.807) is 13.3 Å². The zero-order valence-electron chi connectivity index (χ0n) is 11.7. The molecule has 1 N–H and O–H groups in total. The standard InChI is InChI=1S/C16H21NO2/c1-3-4-5-6-9-14(18)12-11-17-13-8-7-10-15(19-2)16(12)13/h7-8,10-11,17H,3-6,9H2,1-2H3. The summed E-state index contributed by atoms with van der Waals surface area (Å²) in [6.07, 6.45) is 6.90. The smallest absolute Gasteiger partial charge is 0.165 e. The summed E-state index contributed by atoms with van der Waals surface area (Å²) >= 11 is 0. The van der Waals surface area contributed by atoms with Gasteiger partial charge in [0.15, 0.2) is 5.78 Å². The number of benzene rings is 1. The average molecular weight is 259 g/mol. The van der Waals surface area contributed by atoms with Gasteiger partial charge in [-0.1, -0.05) is 32.3 Å². The van der Waals surface area contributed by atoms with Crippen LogP contribution in [0.2, 0.25) is 0 Å². The first kappa shape index (κ1) is 13.7. The number of aromatic amines is 1. The summed E-state index contributed by atoms with van der Waals surface area (Å²) in [6.45, 7) is 2.17. The third-order valence-corrected chi connectivity index (χ3v) is 3.45. The van der Waals surface area contributed by atoms with Crippen molar-refractivity contribution in [3.63, 3.8) is 0 Å². The minimum atomic E-state index is 0.201. The molecule has 0 fully saturated rings. The number of methoxy groups -OCH3 is 1. The van der Waals surface area contributed by atoms with Crippen LogP contribution in [0.5, 0.6) is 5.75 Å². The minimum Gasteiger partial charge on any atom is -0.496 e. The molecule has 2 rings (SSSR count). The molecule has 0 saturated heterocycles. The van der Waals surface area contributed by atoms with E-state index in [1.807, 2.05) is 18.2 Å². The van der Waals surface area contributed by atoms with Crippen molar-refractivity contribution in [2.24, 2.45) is 0 Å². The number of carbonyl (C=O) groups excluding carboxylic acids is 1. The van der Waals surface area contributed by atoms with Crippen LogP contribution in [0.25, 0.3) is 10.9 Å². The minimum absolute atomic E-state index is 0.201. The average Bonchev–Trinajstić information content (AvgIpc) is 2.87. The summed E-state index contributed by atoms with van der Waals surface area (Å²) in [6, 6.07) is 5.78. The van der Waals surface area contributed by atoms with Gasteiger partial charge in [-0.25, -0.2) is 0 Å². The summed E-state index contributed by atoms with van der Waals surface area (Å²) < 4.78 is 5.35. The Hall–Kier alpha value is -1.77. The van der Waals surface area contributed by atoms with Gasteiger partial charge in [-0.15, -0.1) is 0 Å². The van der Waals surface area contributed by atoms with Gasteiger partial charge >= 0.3 is 0 Å². The monoisotopic (exact) mass is 259 g/mol. The van der Waals surface area contributed by atoms with Crippen molar-refractivity contribution in [2.45, 2.75) is 39.0 Å². The molecule has 1 aromatic heterocycles. The molecular formula is C16H21NO2. The van der Waals surface area contributed by atoms with Crippen molar-refractivity contribution in [3.05, 3.63) is 30.0 Å². The highest BCUT2D eigenvalue weighted by atomic mass is 16.5. The summed E-state index contributed by atoms with van der Waals surface area (Å²) in [7, 11) is 1.64. The Morgan fingerprint density at radius 2 is 2.11 bits per heavy atom. The lowest BCUT2D eigenvalue weighted by molar-refractivity contribution is 0.0980. The number of nitrogens with one attached hydrogen (secondary N) is 1. The van der Waals surface area contributed by atoms with Crippen molar-refractivity contribution in [3.8, 4) is 5.75 Å². The lowest BCUT2D eigenvalue weighted by Gasteiger charge is -2.04. The van der Waals surface area contributed by atoms with Gasteiger partial charge in [0.2, 0.25) is 0 Å². The van der Waals surface area contributed by atoms with Gasteiger partial charge in [0.05, 0.1) is 12.5 Å². The van der Waals surface area contributed by atoms with Gasteiger partial charge in [0.1, 0.15) is 5.75 Å². The maximum Gasteiger partial charge on any atom is 0.165 e. The van der Waals surface area contributed by atoms with Crippen molar-refractivity contribution < 1.29 is 9.53 Å². The Morgan fingerprint density at radius 1 is 1.26 bits per heavy atom. The van der Waals surface area contributed by atoms with Crippen LogP contribution in [-0.4, -0.2) is 17.9 Å². The van der Waals surface area contributed by atoms with E-state index in [0.717, 1.165) is 35.1 Å². The summed E-state index contributed by atoms with van der Waals surface area (Å²) in [4.78, 5) is 15.4. The fourth-order valence-corrected chi connectivity index (χ4v) is 2.39. The molecule has 1 aromatic carbocycles. The first-order valence-corrected chi connectivity index (χ1v) is 6.95. The predicted molar refractivity (Wildman–Crippen MR) is 77.9 cm³/mol. The highest BCUT2D eigenvalue weighted by Gasteiger charge is 2.14. The number of ether oxygens (including phenoxy) is 1. The van der Waals surface area contributed by atoms with Crippen LogP contribution >= 0.6 is 0 Å². The number of hydrogen-bond acceptors (Lipinski definition) is 2. The molecule has 0 aliphatic heterocycles. The molecule has 0 atom stereocenters. The van der Waals surface area contributed by atoms with Gasteiger partial charge in [-0.05, 0) is 18.6 Å². The van der Waals surface area contributed by atoms with E-state index >= 15 is 0 Å². The van der Waals surface area contributed by atoms with Gasteiger partial charge in [0, 0.05) is 23.7 Å². The number of Topliss-reactive ketones (excluding diaryl/α,β-unsaturated/α-hetero) is 1. The van der Waals surface area contributed by atoms with E-state index in [9.17, 15) is 4.79 Å². The number of ketones is 1. The van der Waals surface area contributed by atoms with Crippen LogP contribution in [0.1, 0.15) is 49.4 Å². The molecule has 0 radical (unpaired) electrons. The molecule has 0 unspecified atom stereocenters. The largest absolute Gasteiger partial charge is 0.496 e. The molecule has 102 valence electrons. The zero-order chi connectivity index (χ0) is 13.7. The van der Waals surface area contributed by atoms with Crippen LogP contribution in [0.3, 0.4) is 0 Å². The van der Waals surface area contributed by atoms with E-state index in [0.29, 0.717) is 6.42 Å². The molecule has 3 nitrogen and oxygen atoms in total. The number of H-pyrrole nitrogens is 1. The molecule has 2 aromatic rings. The zero-order valence-corrected chi connectivity index (χ0v) is 11.7. The Balaban J connectivity index is 2.18. The number of carbonyl (C=O) groups is 1. The molecule has 0 spiro atoms. The second kappa shape index (κ2) is 6.41. The van der Waals surface area contributed by atoms with Crippen LogP contribution in [0, 0.1) is 0 Å². The molecular weight excluding hydrogens is 238 g/mol. The molecule has 1 heterocycles. The normalized spacial score (nSPS) is 10.8. The van der Waals surface area contributed by atoms with Crippen LogP contribution in [0.15, 0.2) is 24.4 Å². The number of hydrogen-bond donors (Lipinski definition) is 1. The summed E-state index contributed by atoms with van der Waals surface area (Å²) in [5.41, 5.74) is 1.71. The quantitative estimate of drug-likeness (QED) is 0.594. The van der Waals surface area contributed by atoms with Crippen LogP contribution in [-0.2, 0) is 0 Å². The summed E-state index contributed by atoms with van der Waals surface area (Å²) in [5, 5.41) is 0.908. The second-order valence-corrected chi connectivity index (χ2v) is 4.82. The summed E-state index contributed by atoms with van der Waals surface area (Å²) in [5.74, 6) is 0.961. The third kappa shape index (κ3) is 2.98. The Kier molecular flexibility index (Phi) is 4.61. The highest BCUT2D eigenvalue weighted by Crippen LogP contribution is 2.29. The fraction of sp³-hybridized carbons (Fsp3) is 0.438. The second-order valence-electron chi connectivity index (χ2n) is 4.82. The van der Waals surface area contributed by atoms with Crippen molar-refractivity contribution in [1.82, 2.24) is 4.98 Å². The van der Waals surface area contributed by atoms with Crippen molar-refractivity contribution in [2.75, 3.05) is 7.11 Å². The number of rotatable bonds is 7. The van der Waals surface area contributed by atoms with Crippen LogP contribution < -0.4 is 4.74 Å². The molecule has 0 aliphatic rings. The van der Waals surface area contributed by atoms with Crippen LogP contribution in [0.4, 0.5) is 0 Å². The SMILES string of the molecule is CCCCCCC(=O)c1c[nH]c2cccc(OC)c12. The maximum atomic E-state index is 12.3. The lowest BCUT2D eigenvalue weighted by Crippen LogP contribution is -1.98. The molecule has 0 bridgehead atoms. The molecule has 19 heavy (non-hydrogen) atoms. The number of fused-ring (bicyclic) bond motifs is 1. The van der Waals surface area contributed by atoms with E-state index in [4.69, 9.17) is 4.74 Å². The molecule has 0 amide bonds. The van der Waals surface area contributed by atoms with E-state index < -0.39 is 0 Å². The Morgan fingerprint density at radius 3 is 2.84 bits per heavy atom. The number of unbranched alkanes of at least 4 members (excludes halogenated alkanes) is 3. The van der Waals surface area contributed by atoms with Gasteiger partial charge in [-0.2, -0.15) is 0 Å². The van der Waals surface area contributed by atoms with Crippen molar-refractivity contribution >= 4 is 16.7 Å². The van der Waals surface area contributed by atoms with Gasteiger partial charge < -0.3 is 9.72 Å². The highest BCUT2D eigenvalue weighted by molar-refractivity contribution is 6.09. The Bertz CT molecular complexity index is 557. The fourth-order valence-electron chi connectivity index (χ4n) is 2.39. The maximum absolute atomic E-state index is 12.3. The first-order chi connectivity index (χ1) is 9.27. The van der Waals surface area contributed by atoms with Gasteiger partial charge in [-0.3, -0.25) is 4.79 Å². The molecule has 3 heteroatoms. The topological polar surface area (TPSA) is 42.1 Å². The predicted octanol–water partition coefficient (Wildman–Crippen LogP) is 4.33. The van der Waals surface area contributed by atoms with E-state index in [2.05, 4.69) is 11.9 Å². The van der Waals surface area contributed by atoms with E-state index in [-0.39, 0.29) is 5.78 Å².